The SMILES string of the molecule is Cc1ccc2[nH]c(=S)n(-c3cccc4ncccc34)c2c1. The number of hydrogen-bond acceptors (Lipinski definition) is 2. The Labute approximate surface area is 126 Å². The maximum atomic E-state index is 5.53. The molecule has 4 aromatic rings. The number of pyridine rings is 1. The van der Waals surface area contributed by atoms with E-state index >= 15 is 0 Å². The van der Waals surface area contributed by atoms with Crippen LogP contribution >= 0.6 is 12.2 Å². The Morgan fingerprint density at radius 3 is 2.90 bits per heavy atom. The zero-order valence-electron chi connectivity index (χ0n) is 11.5. The van der Waals surface area contributed by atoms with Gasteiger partial charge in [-0.3, -0.25) is 9.55 Å². The zero-order valence-corrected chi connectivity index (χ0v) is 12.3. The van der Waals surface area contributed by atoms with Crippen molar-refractivity contribution < 1.29 is 0 Å². The smallest absolute Gasteiger partial charge is 0.182 e. The molecule has 0 spiro atoms. The fourth-order valence-corrected chi connectivity index (χ4v) is 3.04. The Morgan fingerprint density at radius 1 is 1.10 bits per heavy atom. The second kappa shape index (κ2) is 4.53. The number of aryl methyl sites for hydroxylation is 1. The molecular weight excluding hydrogens is 278 g/mol. The summed E-state index contributed by atoms with van der Waals surface area (Å²) in [4.78, 5) is 7.70. The molecule has 0 unspecified atom stereocenters. The summed E-state index contributed by atoms with van der Waals surface area (Å²) in [6, 6.07) is 16.4. The number of aromatic amines is 1. The number of benzene rings is 2. The van der Waals surface area contributed by atoms with Crippen molar-refractivity contribution in [2.45, 2.75) is 6.92 Å². The van der Waals surface area contributed by atoms with Gasteiger partial charge in [0.1, 0.15) is 0 Å². The maximum Gasteiger partial charge on any atom is 0.182 e. The van der Waals surface area contributed by atoms with Gasteiger partial charge in [0, 0.05) is 11.6 Å². The van der Waals surface area contributed by atoms with Gasteiger partial charge in [-0.25, -0.2) is 0 Å². The van der Waals surface area contributed by atoms with Crippen molar-refractivity contribution in [3.8, 4) is 5.69 Å². The summed E-state index contributed by atoms with van der Waals surface area (Å²) in [6.45, 7) is 2.09. The molecule has 2 heterocycles. The largest absolute Gasteiger partial charge is 0.330 e. The molecule has 0 radical (unpaired) electrons. The third kappa shape index (κ3) is 1.87. The van der Waals surface area contributed by atoms with Gasteiger partial charge < -0.3 is 4.98 Å². The lowest BCUT2D eigenvalue weighted by atomic mass is 10.1. The first-order chi connectivity index (χ1) is 10.2. The van der Waals surface area contributed by atoms with E-state index in [2.05, 4.69) is 51.8 Å². The number of nitrogens with zero attached hydrogens (tertiary/aromatic N) is 2. The van der Waals surface area contributed by atoms with E-state index in [4.69, 9.17) is 12.2 Å². The van der Waals surface area contributed by atoms with Crippen molar-refractivity contribution >= 4 is 34.2 Å². The van der Waals surface area contributed by atoms with Crippen molar-refractivity contribution in [2.75, 3.05) is 0 Å². The van der Waals surface area contributed by atoms with Gasteiger partial charge in [-0.1, -0.05) is 12.1 Å². The van der Waals surface area contributed by atoms with Crippen molar-refractivity contribution in [1.82, 2.24) is 14.5 Å². The van der Waals surface area contributed by atoms with Crippen LogP contribution in [0.15, 0.2) is 54.7 Å². The Balaban J connectivity index is 2.16. The Hall–Kier alpha value is -2.46. The number of imidazole rings is 1. The summed E-state index contributed by atoms with van der Waals surface area (Å²) >= 11 is 5.53. The van der Waals surface area contributed by atoms with E-state index in [-0.39, 0.29) is 0 Å². The third-order valence-electron chi connectivity index (χ3n) is 3.70. The normalized spacial score (nSPS) is 11.3. The molecule has 102 valence electrons. The second-order valence-corrected chi connectivity index (χ2v) is 5.52. The van der Waals surface area contributed by atoms with Crippen molar-refractivity contribution in [3.63, 3.8) is 0 Å². The highest BCUT2D eigenvalue weighted by Crippen LogP contribution is 2.26. The molecule has 0 atom stereocenters. The van der Waals surface area contributed by atoms with Crippen LogP contribution < -0.4 is 0 Å². The highest BCUT2D eigenvalue weighted by Gasteiger charge is 2.09. The second-order valence-electron chi connectivity index (χ2n) is 5.13. The molecule has 0 fully saturated rings. The van der Waals surface area contributed by atoms with Gasteiger partial charge in [0.05, 0.1) is 22.2 Å². The molecule has 1 N–H and O–H groups in total. The van der Waals surface area contributed by atoms with Gasteiger partial charge in [0.2, 0.25) is 0 Å². The summed E-state index contributed by atoms with van der Waals surface area (Å²) in [5.74, 6) is 0. The molecule has 3 nitrogen and oxygen atoms in total. The quantitative estimate of drug-likeness (QED) is 0.522. The first-order valence-corrected chi connectivity index (χ1v) is 7.20. The Kier molecular flexibility index (Phi) is 2.65. The molecule has 0 saturated carbocycles. The molecule has 0 amide bonds. The highest BCUT2D eigenvalue weighted by molar-refractivity contribution is 7.71. The molecule has 0 aliphatic rings. The molecule has 21 heavy (non-hydrogen) atoms. The number of aromatic nitrogens is 3. The minimum atomic E-state index is 0.701. The van der Waals surface area contributed by atoms with Gasteiger partial charge in [0.25, 0.3) is 0 Å². The van der Waals surface area contributed by atoms with Crippen LogP contribution in [0, 0.1) is 11.7 Å². The predicted octanol–water partition coefficient (Wildman–Crippen LogP) is 4.54. The molecular formula is C17H13N3S. The lowest BCUT2D eigenvalue weighted by Crippen LogP contribution is -1.96. The number of fused-ring (bicyclic) bond motifs is 2. The maximum absolute atomic E-state index is 5.53. The van der Waals surface area contributed by atoms with Gasteiger partial charge in [-0.05, 0) is 61.1 Å². The van der Waals surface area contributed by atoms with Crippen LogP contribution in [0.25, 0.3) is 27.6 Å². The molecule has 4 heteroatoms. The van der Waals surface area contributed by atoms with Crippen LogP contribution in [0.1, 0.15) is 5.56 Å². The molecule has 2 aromatic carbocycles. The van der Waals surface area contributed by atoms with Crippen molar-refractivity contribution in [1.29, 1.82) is 0 Å². The van der Waals surface area contributed by atoms with Crippen LogP contribution in [-0.4, -0.2) is 14.5 Å². The van der Waals surface area contributed by atoms with Crippen molar-refractivity contribution in [3.05, 3.63) is 65.1 Å². The van der Waals surface area contributed by atoms with Gasteiger partial charge >= 0.3 is 0 Å². The fraction of sp³-hybridized carbons (Fsp3) is 0.0588. The first-order valence-electron chi connectivity index (χ1n) is 6.79. The van der Waals surface area contributed by atoms with Crippen LogP contribution in [0.4, 0.5) is 0 Å². The average molecular weight is 291 g/mol. The van der Waals surface area contributed by atoms with E-state index in [0.29, 0.717) is 4.77 Å². The van der Waals surface area contributed by atoms with E-state index in [1.807, 2.05) is 24.4 Å². The fourth-order valence-electron chi connectivity index (χ4n) is 2.73. The van der Waals surface area contributed by atoms with E-state index in [1.54, 1.807) is 0 Å². The Bertz CT molecular complexity index is 1020. The monoisotopic (exact) mass is 291 g/mol. The molecule has 0 bridgehead atoms. The van der Waals surface area contributed by atoms with Gasteiger partial charge in [-0.2, -0.15) is 0 Å². The zero-order chi connectivity index (χ0) is 14.4. The number of rotatable bonds is 1. The number of hydrogen-bond donors (Lipinski definition) is 1. The lowest BCUT2D eigenvalue weighted by Gasteiger charge is -2.08. The lowest BCUT2D eigenvalue weighted by molar-refractivity contribution is 1.07. The molecule has 0 saturated heterocycles. The van der Waals surface area contributed by atoms with Gasteiger partial charge in [-0.15, -0.1) is 0 Å². The number of nitrogens with one attached hydrogen (secondary N) is 1. The standard InChI is InChI=1S/C17H13N3S/c1-11-7-8-14-16(10-11)20(17(21)19-14)15-6-2-5-13-12(15)4-3-9-18-13/h2-10H,1H3,(H,19,21). The highest BCUT2D eigenvalue weighted by atomic mass is 32.1. The predicted molar refractivity (Wildman–Crippen MR) is 88.5 cm³/mol. The van der Waals surface area contributed by atoms with Crippen LogP contribution in [0.3, 0.4) is 0 Å². The van der Waals surface area contributed by atoms with Crippen LogP contribution in [-0.2, 0) is 0 Å². The molecule has 4 rings (SSSR count). The average Bonchev–Trinajstić information content (AvgIpc) is 2.82. The minimum absolute atomic E-state index is 0.701. The Morgan fingerprint density at radius 2 is 2.00 bits per heavy atom. The first kappa shape index (κ1) is 12.3. The summed E-state index contributed by atoms with van der Waals surface area (Å²) in [5, 5.41) is 1.10. The topological polar surface area (TPSA) is 33.6 Å². The summed E-state index contributed by atoms with van der Waals surface area (Å²) in [7, 11) is 0. The van der Waals surface area contributed by atoms with E-state index in [0.717, 1.165) is 27.6 Å². The summed E-state index contributed by atoms with van der Waals surface area (Å²) < 4.78 is 2.79. The van der Waals surface area contributed by atoms with Gasteiger partial charge in [0.15, 0.2) is 4.77 Å². The van der Waals surface area contributed by atoms with Crippen LogP contribution in [0.2, 0.25) is 0 Å². The molecule has 0 aliphatic heterocycles. The van der Waals surface area contributed by atoms with E-state index in [9.17, 15) is 0 Å². The summed E-state index contributed by atoms with van der Waals surface area (Å²) in [5.41, 5.74) is 5.38. The molecule has 2 aromatic heterocycles. The van der Waals surface area contributed by atoms with E-state index < -0.39 is 0 Å². The summed E-state index contributed by atoms with van der Waals surface area (Å²) in [6.07, 6.45) is 1.81. The third-order valence-corrected chi connectivity index (χ3v) is 3.99. The molecule has 0 aliphatic carbocycles. The van der Waals surface area contributed by atoms with E-state index in [1.165, 1.54) is 5.56 Å². The number of H-pyrrole nitrogens is 1. The minimum Gasteiger partial charge on any atom is -0.330 e. The van der Waals surface area contributed by atoms with Crippen LogP contribution in [0.5, 0.6) is 0 Å². The van der Waals surface area contributed by atoms with Crippen molar-refractivity contribution in [2.24, 2.45) is 0 Å².